The van der Waals surface area contributed by atoms with Gasteiger partial charge in [-0.3, -0.25) is 9.78 Å². The van der Waals surface area contributed by atoms with Gasteiger partial charge < -0.3 is 10.7 Å². The van der Waals surface area contributed by atoms with E-state index in [0.717, 1.165) is 10.2 Å². The Morgan fingerprint density at radius 1 is 1.20 bits per heavy atom. The number of H-pyrrole nitrogens is 2. The quantitative estimate of drug-likeness (QED) is 0.628. The van der Waals surface area contributed by atoms with Crippen LogP contribution < -0.4 is 11.3 Å². The lowest BCUT2D eigenvalue weighted by atomic mass is 10.2. The van der Waals surface area contributed by atoms with E-state index in [9.17, 15) is 4.79 Å². The zero-order valence-corrected chi connectivity index (χ0v) is 12.6. The van der Waals surface area contributed by atoms with Crippen LogP contribution in [0.5, 0.6) is 0 Å². The number of nitrogen functional groups attached to an aromatic ring is 1. The normalized spacial score (nSPS) is 11.1. The molecule has 8 heteroatoms. The summed E-state index contributed by atoms with van der Waals surface area (Å²) < 4.78 is 1.04. The van der Waals surface area contributed by atoms with Gasteiger partial charge in [-0.05, 0) is 17.7 Å². The van der Waals surface area contributed by atoms with Crippen LogP contribution in [0.15, 0.2) is 38.7 Å². The fourth-order valence-electron chi connectivity index (χ4n) is 1.70. The minimum Gasteiger partial charge on any atom is -0.369 e. The van der Waals surface area contributed by atoms with Crippen LogP contribution in [0.2, 0.25) is 0 Å². The molecule has 2 heterocycles. The highest BCUT2D eigenvalue weighted by atomic mass is 79.9. The molecule has 0 spiro atoms. The molecular formula is C12H10BrN5OS. The van der Waals surface area contributed by atoms with Gasteiger partial charge in [-0.15, -0.1) is 0 Å². The van der Waals surface area contributed by atoms with Gasteiger partial charge in [-0.25, -0.2) is 4.98 Å². The van der Waals surface area contributed by atoms with Gasteiger partial charge in [0.05, 0.1) is 0 Å². The number of hydrogen-bond donors (Lipinski definition) is 3. The van der Waals surface area contributed by atoms with Gasteiger partial charge in [-0.1, -0.05) is 39.8 Å². The molecule has 102 valence electrons. The second-order valence-corrected chi connectivity index (χ2v) is 5.99. The zero-order valence-electron chi connectivity index (χ0n) is 10.2. The Hall–Kier alpha value is -1.80. The standard InChI is InChI=1S/C12H10BrN5OS/c13-7-3-1-6(2-4-7)5-20-12-15-8-9(17-12)16-11(14)18-10(8)19/h1-4H,5H2,(H4,14,15,16,17,18,19). The van der Waals surface area contributed by atoms with Gasteiger partial charge in [0.1, 0.15) is 0 Å². The minimum atomic E-state index is -0.310. The van der Waals surface area contributed by atoms with Crippen molar-refractivity contribution in [3.8, 4) is 0 Å². The van der Waals surface area contributed by atoms with Crippen molar-refractivity contribution < 1.29 is 0 Å². The first-order valence-electron chi connectivity index (χ1n) is 5.74. The molecule has 0 bridgehead atoms. The maximum atomic E-state index is 11.7. The Balaban J connectivity index is 1.83. The number of nitrogens with two attached hydrogens (primary N) is 1. The van der Waals surface area contributed by atoms with Crippen molar-refractivity contribution in [2.45, 2.75) is 10.9 Å². The Bertz CT molecular complexity index is 811. The number of rotatable bonds is 3. The number of anilines is 1. The molecule has 0 saturated carbocycles. The highest BCUT2D eigenvalue weighted by Crippen LogP contribution is 2.22. The molecule has 2 aromatic heterocycles. The number of aromatic nitrogens is 4. The maximum absolute atomic E-state index is 11.7. The molecule has 0 radical (unpaired) electrons. The van der Waals surface area contributed by atoms with Crippen molar-refractivity contribution in [1.82, 2.24) is 19.9 Å². The average molecular weight is 352 g/mol. The SMILES string of the molecule is Nc1nc2nc(SCc3ccc(Br)cc3)[nH]c2c(=O)[nH]1. The van der Waals surface area contributed by atoms with E-state index >= 15 is 0 Å². The molecule has 3 rings (SSSR count). The summed E-state index contributed by atoms with van der Waals surface area (Å²) in [6.07, 6.45) is 0. The maximum Gasteiger partial charge on any atom is 0.278 e. The number of benzene rings is 1. The molecule has 6 nitrogen and oxygen atoms in total. The third-order valence-electron chi connectivity index (χ3n) is 2.65. The van der Waals surface area contributed by atoms with Gasteiger partial charge in [0.15, 0.2) is 16.3 Å². The first-order chi connectivity index (χ1) is 9.61. The molecule has 0 aliphatic carbocycles. The molecule has 0 aliphatic heterocycles. The fraction of sp³-hybridized carbons (Fsp3) is 0.0833. The third-order valence-corrected chi connectivity index (χ3v) is 4.12. The van der Waals surface area contributed by atoms with Crippen LogP contribution in [0.1, 0.15) is 5.56 Å². The van der Waals surface area contributed by atoms with Crippen molar-refractivity contribution in [2.24, 2.45) is 0 Å². The van der Waals surface area contributed by atoms with E-state index in [2.05, 4.69) is 35.9 Å². The predicted octanol–water partition coefficient (Wildman–Crippen LogP) is 2.28. The summed E-state index contributed by atoms with van der Waals surface area (Å²) in [6.45, 7) is 0. The first kappa shape index (κ1) is 13.2. The molecule has 0 amide bonds. The van der Waals surface area contributed by atoms with Crippen LogP contribution in [-0.2, 0) is 5.75 Å². The van der Waals surface area contributed by atoms with Crippen LogP contribution in [0, 0.1) is 0 Å². The van der Waals surface area contributed by atoms with E-state index in [1.807, 2.05) is 24.3 Å². The smallest absolute Gasteiger partial charge is 0.278 e. The molecule has 0 saturated heterocycles. The molecule has 0 atom stereocenters. The summed E-state index contributed by atoms with van der Waals surface area (Å²) in [5.74, 6) is 0.819. The molecule has 0 aliphatic rings. The van der Waals surface area contributed by atoms with Crippen molar-refractivity contribution in [3.63, 3.8) is 0 Å². The highest BCUT2D eigenvalue weighted by molar-refractivity contribution is 9.10. The van der Waals surface area contributed by atoms with Gasteiger partial charge >= 0.3 is 0 Å². The molecule has 0 fully saturated rings. The monoisotopic (exact) mass is 351 g/mol. The van der Waals surface area contributed by atoms with Crippen LogP contribution in [-0.4, -0.2) is 19.9 Å². The summed E-state index contributed by atoms with van der Waals surface area (Å²) >= 11 is 4.90. The average Bonchev–Trinajstić information content (AvgIpc) is 2.81. The number of nitrogens with one attached hydrogen (secondary N) is 2. The largest absolute Gasteiger partial charge is 0.369 e. The Kier molecular flexibility index (Phi) is 3.49. The van der Waals surface area contributed by atoms with Crippen molar-refractivity contribution in [2.75, 3.05) is 5.73 Å². The molecule has 0 unspecified atom stereocenters. The number of fused-ring (bicyclic) bond motifs is 1. The second-order valence-electron chi connectivity index (χ2n) is 4.11. The molecule has 3 aromatic rings. The molecule has 4 N–H and O–H groups in total. The topological polar surface area (TPSA) is 100 Å². The number of halogens is 1. The molecule has 20 heavy (non-hydrogen) atoms. The fourth-order valence-corrected chi connectivity index (χ4v) is 2.79. The summed E-state index contributed by atoms with van der Waals surface area (Å²) in [6, 6.07) is 8.04. The van der Waals surface area contributed by atoms with E-state index in [0.29, 0.717) is 16.3 Å². The Morgan fingerprint density at radius 3 is 2.70 bits per heavy atom. The lowest BCUT2D eigenvalue weighted by molar-refractivity contribution is 1.07. The lowest BCUT2D eigenvalue weighted by Crippen LogP contribution is -2.10. The zero-order chi connectivity index (χ0) is 14.1. The second kappa shape index (κ2) is 5.29. The Labute approximate surface area is 126 Å². The highest BCUT2D eigenvalue weighted by Gasteiger charge is 2.09. The van der Waals surface area contributed by atoms with E-state index < -0.39 is 0 Å². The van der Waals surface area contributed by atoms with Crippen molar-refractivity contribution in [3.05, 3.63) is 44.7 Å². The number of imidazole rings is 1. The number of thioether (sulfide) groups is 1. The van der Waals surface area contributed by atoms with Gasteiger partial charge in [0.2, 0.25) is 5.95 Å². The molecular weight excluding hydrogens is 342 g/mol. The molecule has 1 aromatic carbocycles. The summed E-state index contributed by atoms with van der Waals surface area (Å²) in [5.41, 5.74) is 7.02. The van der Waals surface area contributed by atoms with Gasteiger partial charge in [-0.2, -0.15) is 4.98 Å². The van der Waals surface area contributed by atoms with Gasteiger partial charge in [0, 0.05) is 10.2 Å². The number of hydrogen-bond acceptors (Lipinski definition) is 5. The first-order valence-corrected chi connectivity index (χ1v) is 7.52. The predicted molar refractivity (Wildman–Crippen MR) is 82.6 cm³/mol. The Morgan fingerprint density at radius 2 is 1.95 bits per heavy atom. The van der Waals surface area contributed by atoms with Crippen LogP contribution >= 0.6 is 27.7 Å². The van der Waals surface area contributed by atoms with Crippen LogP contribution in [0.25, 0.3) is 11.2 Å². The van der Waals surface area contributed by atoms with Crippen molar-refractivity contribution in [1.29, 1.82) is 0 Å². The van der Waals surface area contributed by atoms with E-state index in [4.69, 9.17) is 5.73 Å². The van der Waals surface area contributed by atoms with Crippen molar-refractivity contribution >= 4 is 44.8 Å². The third kappa shape index (κ3) is 2.70. The lowest BCUT2D eigenvalue weighted by Gasteiger charge is -1.98. The summed E-state index contributed by atoms with van der Waals surface area (Å²) in [4.78, 5) is 25.3. The van der Waals surface area contributed by atoms with Crippen LogP contribution in [0.4, 0.5) is 5.95 Å². The van der Waals surface area contributed by atoms with E-state index in [-0.39, 0.29) is 11.5 Å². The van der Waals surface area contributed by atoms with Crippen LogP contribution in [0.3, 0.4) is 0 Å². The van der Waals surface area contributed by atoms with E-state index in [1.54, 1.807) is 0 Å². The van der Waals surface area contributed by atoms with Gasteiger partial charge in [0.25, 0.3) is 5.56 Å². The summed E-state index contributed by atoms with van der Waals surface area (Å²) in [7, 11) is 0. The number of nitrogens with zero attached hydrogens (tertiary/aromatic N) is 2. The van der Waals surface area contributed by atoms with E-state index in [1.165, 1.54) is 17.3 Å². The minimum absolute atomic E-state index is 0.0680. The number of aromatic amines is 2. The summed E-state index contributed by atoms with van der Waals surface area (Å²) in [5, 5.41) is 0.645.